The number of carboxylic acid groups (broad SMARTS) is 1. The smallest absolute Gasteiger partial charge is 0.506 e. The summed E-state index contributed by atoms with van der Waals surface area (Å²) in [5.41, 5.74) is 0.798. The molecule has 4 rings (SSSR count). The van der Waals surface area contributed by atoms with E-state index < -0.39 is 47.7 Å². The minimum absolute atomic E-state index is 0.0618. The van der Waals surface area contributed by atoms with E-state index in [-0.39, 0.29) is 33.7 Å². The number of carbonyl (C=O) groups is 2. The summed E-state index contributed by atoms with van der Waals surface area (Å²) in [7, 11) is 1.43. The number of benzene rings is 1. The number of ether oxygens (including phenoxy) is 2. The number of fused-ring (bicyclic) bond motifs is 1. The van der Waals surface area contributed by atoms with Gasteiger partial charge in [0.2, 0.25) is 0 Å². The van der Waals surface area contributed by atoms with Crippen molar-refractivity contribution in [3.63, 3.8) is 0 Å². The predicted molar refractivity (Wildman–Crippen MR) is 155 cm³/mol. The van der Waals surface area contributed by atoms with Crippen molar-refractivity contribution in [2.24, 2.45) is 5.41 Å². The normalized spacial score (nSPS) is 13.4. The van der Waals surface area contributed by atoms with Gasteiger partial charge in [-0.05, 0) is 31.2 Å². The number of aromatic nitrogens is 4. The Kier molecular flexibility index (Phi) is 9.39. The lowest BCUT2D eigenvalue weighted by molar-refractivity contribution is -0.153. The highest BCUT2D eigenvalue weighted by atomic mass is 32.2. The van der Waals surface area contributed by atoms with Crippen LogP contribution in [-0.2, 0) is 21.7 Å². The second kappa shape index (κ2) is 12.7. The molecule has 0 spiro atoms. The lowest BCUT2D eigenvalue weighted by Gasteiger charge is -2.32. The summed E-state index contributed by atoms with van der Waals surface area (Å²) in [5, 5.41) is 9.28. The van der Waals surface area contributed by atoms with Gasteiger partial charge in [0.15, 0.2) is 12.4 Å². The van der Waals surface area contributed by atoms with E-state index in [1.54, 1.807) is 57.2 Å². The summed E-state index contributed by atoms with van der Waals surface area (Å²) < 4.78 is 63.2. The number of anilines is 1. The molecule has 3 heterocycles. The van der Waals surface area contributed by atoms with Gasteiger partial charge in [-0.1, -0.05) is 39.0 Å². The van der Waals surface area contributed by atoms with Crippen LogP contribution in [0.1, 0.15) is 43.7 Å². The third kappa shape index (κ3) is 7.22. The van der Waals surface area contributed by atoms with E-state index in [1.165, 1.54) is 37.3 Å². The van der Waals surface area contributed by atoms with Crippen LogP contribution in [0, 0.1) is 12.3 Å². The molecule has 2 unspecified atom stereocenters. The summed E-state index contributed by atoms with van der Waals surface area (Å²) in [6, 6.07) is 10.4. The second-order valence-corrected chi connectivity index (χ2v) is 12.2. The Hall–Kier alpha value is -4.37. The Labute approximate surface area is 253 Å². The van der Waals surface area contributed by atoms with Crippen LogP contribution >= 0.6 is 0 Å². The van der Waals surface area contributed by atoms with Crippen molar-refractivity contribution >= 4 is 40.2 Å². The van der Waals surface area contributed by atoms with E-state index in [0.717, 1.165) is 4.57 Å². The Morgan fingerprint density at radius 1 is 1.09 bits per heavy atom. The van der Waals surface area contributed by atoms with Gasteiger partial charge in [-0.15, -0.1) is 0 Å². The number of pyridine rings is 2. The van der Waals surface area contributed by atoms with Crippen molar-refractivity contribution in [3.8, 4) is 5.75 Å². The molecular formula is C29H30F3N5O6S. The molecule has 0 aliphatic carbocycles. The number of amides is 1. The van der Waals surface area contributed by atoms with Gasteiger partial charge in [0.05, 0.1) is 16.7 Å². The first-order valence-electron chi connectivity index (χ1n) is 13.2. The molecule has 3 aromatic heterocycles. The Morgan fingerprint density at radius 2 is 1.80 bits per heavy atom. The van der Waals surface area contributed by atoms with Crippen molar-refractivity contribution < 1.29 is 41.9 Å². The van der Waals surface area contributed by atoms with Crippen molar-refractivity contribution in [3.05, 3.63) is 71.7 Å². The van der Waals surface area contributed by atoms with E-state index in [9.17, 15) is 32.4 Å². The molecular weight excluding hydrogens is 603 g/mol. The summed E-state index contributed by atoms with van der Waals surface area (Å²) >= 11 is -2.01. The average molecular weight is 634 g/mol. The van der Waals surface area contributed by atoms with Crippen LogP contribution in [0.25, 0.3) is 11.0 Å². The van der Waals surface area contributed by atoms with Crippen molar-refractivity contribution in [1.29, 1.82) is 0 Å². The van der Waals surface area contributed by atoms with E-state index in [1.807, 2.05) is 0 Å². The summed E-state index contributed by atoms with van der Waals surface area (Å²) in [6.45, 7) is 5.34. The first-order chi connectivity index (χ1) is 20.6. The molecule has 0 radical (unpaired) electrons. The highest BCUT2D eigenvalue weighted by Gasteiger charge is 2.36. The number of imidazole rings is 1. The number of carbonyl (C=O) groups excluding carboxylic acids is 1. The van der Waals surface area contributed by atoms with Crippen LogP contribution in [-0.4, -0.2) is 61.2 Å². The molecule has 4 aromatic rings. The molecule has 234 valence electrons. The van der Waals surface area contributed by atoms with Crippen LogP contribution in [0.2, 0.25) is 0 Å². The quantitative estimate of drug-likeness (QED) is 0.175. The fraction of sp³-hybridized carbons (Fsp3) is 0.345. The van der Waals surface area contributed by atoms with Crippen molar-refractivity contribution in [1.82, 2.24) is 19.5 Å². The Bertz CT molecular complexity index is 1670. The molecule has 1 amide bonds. The van der Waals surface area contributed by atoms with Gasteiger partial charge in [0.1, 0.15) is 17.7 Å². The van der Waals surface area contributed by atoms with Crippen LogP contribution in [0.3, 0.4) is 0 Å². The molecule has 0 saturated carbocycles. The minimum atomic E-state index is -4.55. The zero-order chi connectivity index (χ0) is 32.4. The highest BCUT2D eigenvalue weighted by molar-refractivity contribution is 7.90. The minimum Gasteiger partial charge on any atom is -0.609 e. The number of rotatable bonds is 8. The highest BCUT2D eigenvalue weighted by Crippen LogP contribution is 2.40. The lowest BCUT2D eigenvalue weighted by atomic mass is 9.84. The van der Waals surface area contributed by atoms with Gasteiger partial charge in [-0.3, -0.25) is 9.88 Å². The van der Waals surface area contributed by atoms with Crippen LogP contribution in [0.15, 0.2) is 60.0 Å². The van der Waals surface area contributed by atoms with Crippen molar-refractivity contribution in [2.45, 2.75) is 50.9 Å². The molecule has 0 fully saturated rings. The average Bonchev–Trinajstić information content (AvgIpc) is 3.34. The maximum Gasteiger partial charge on any atom is 0.506 e. The molecule has 1 N–H and O–H groups in total. The number of alkyl halides is 3. The maximum atomic E-state index is 14.1. The standard InChI is InChI=1S/C29H30F3N5O6S/c1-17-20(33-14-12-22(17)42-16-29(30,31)32)15-44(41)25-35-19-10-6-7-11-21(19)37(25)26(38)36(5)24-18(9-8-13-34-24)23(28(2,3)4)43-27(39)40/h6-14,23H,15-16H2,1-5H3,(H,39,40). The monoisotopic (exact) mass is 633 g/mol. The Morgan fingerprint density at radius 3 is 2.45 bits per heavy atom. The molecule has 11 nitrogen and oxygen atoms in total. The van der Waals surface area contributed by atoms with Crippen LogP contribution in [0.4, 0.5) is 28.6 Å². The topological polar surface area (TPSA) is 143 Å². The SMILES string of the molecule is Cc1c(OCC(F)(F)F)ccnc1C[S+]([O-])c1nc2ccccc2n1C(=O)N(C)c1ncccc1C(OC(=O)O)C(C)(C)C. The second-order valence-electron chi connectivity index (χ2n) is 10.9. The van der Waals surface area contributed by atoms with Crippen LogP contribution < -0.4 is 9.64 Å². The largest absolute Gasteiger partial charge is 0.609 e. The van der Waals surface area contributed by atoms with E-state index in [0.29, 0.717) is 16.6 Å². The van der Waals surface area contributed by atoms with Gasteiger partial charge in [0, 0.05) is 47.2 Å². The van der Waals surface area contributed by atoms with Gasteiger partial charge in [-0.2, -0.15) is 18.2 Å². The lowest BCUT2D eigenvalue weighted by Crippen LogP contribution is -2.35. The molecule has 0 bridgehead atoms. The molecule has 0 aliphatic rings. The van der Waals surface area contributed by atoms with Gasteiger partial charge < -0.3 is 19.1 Å². The number of halogens is 3. The third-order valence-electron chi connectivity index (χ3n) is 6.55. The maximum absolute atomic E-state index is 14.1. The third-order valence-corrected chi connectivity index (χ3v) is 7.77. The van der Waals surface area contributed by atoms with E-state index in [4.69, 9.17) is 9.47 Å². The molecule has 0 aliphatic heterocycles. The fourth-order valence-electron chi connectivity index (χ4n) is 4.49. The number of nitrogens with zero attached hydrogens (tertiary/aromatic N) is 5. The summed E-state index contributed by atoms with van der Waals surface area (Å²) in [5.74, 6) is -0.225. The van der Waals surface area contributed by atoms with Crippen molar-refractivity contribution in [2.75, 3.05) is 18.6 Å². The fourth-order valence-corrected chi connectivity index (χ4v) is 5.74. The number of para-hydroxylation sites is 2. The summed E-state index contributed by atoms with van der Waals surface area (Å²) in [4.78, 5) is 39.8. The number of hydrogen-bond donors (Lipinski definition) is 1. The zero-order valence-electron chi connectivity index (χ0n) is 24.5. The molecule has 15 heteroatoms. The first-order valence-corrected chi connectivity index (χ1v) is 14.5. The number of hydrogen-bond acceptors (Lipinski definition) is 8. The first kappa shape index (κ1) is 32.5. The predicted octanol–water partition coefficient (Wildman–Crippen LogP) is 6.27. The molecule has 2 atom stereocenters. The van der Waals surface area contributed by atoms with Gasteiger partial charge in [0.25, 0.3) is 0 Å². The van der Waals surface area contributed by atoms with Gasteiger partial charge in [-0.25, -0.2) is 19.1 Å². The van der Waals surface area contributed by atoms with Crippen LogP contribution in [0.5, 0.6) is 5.75 Å². The molecule has 0 saturated heterocycles. The molecule has 44 heavy (non-hydrogen) atoms. The zero-order valence-corrected chi connectivity index (χ0v) is 25.3. The molecule has 1 aromatic carbocycles. The van der Waals surface area contributed by atoms with E-state index >= 15 is 0 Å². The van der Waals surface area contributed by atoms with Gasteiger partial charge >= 0.3 is 23.5 Å². The van der Waals surface area contributed by atoms with E-state index in [2.05, 4.69) is 15.0 Å². The Balaban J connectivity index is 1.73. The summed E-state index contributed by atoms with van der Waals surface area (Å²) in [6.07, 6.45) is -4.34.